The number of carboxylic acids is 1. The smallest absolute Gasteiger partial charge is 0.308 e. The predicted octanol–water partition coefficient (Wildman–Crippen LogP) is 2.68. The van der Waals surface area contributed by atoms with Crippen molar-refractivity contribution in [3.05, 3.63) is 28.8 Å². The van der Waals surface area contributed by atoms with Gasteiger partial charge in [0.1, 0.15) is 5.75 Å². The van der Waals surface area contributed by atoms with Crippen LogP contribution in [0.3, 0.4) is 0 Å². The first kappa shape index (κ1) is 15.6. The minimum absolute atomic E-state index is 0.229. The Hall–Kier alpha value is -1.75. The van der Waals surface area contributed by atoms with Gasteiger partial charge >= 0.3 is 5.97 Å². The van der Waals surface area contributed by atoms with E-state index in [1.165, 1.54) is 0 Å². The van der Waals surface area contributed by atoms with Crippen molar-refractivity contribution in [1.82, 2.24) is 4.90 Å². The van der Waals surface area contributed by atoms with Gasteiger partial charge in [-0.15, -0.1) is 0 Å². The number of hydrogen-bond acceptors (Lipinski definition) is 3. The van der Waals surface area contributed by atoms with Gasteiger partial charge in [-0.1, -0.05) is 18.5 Å². The summed E-state index contributed by atoms with van der Waals surface area (Å²) in [5.41, 5.74) is 0.391. The molecule has 1 heterocycles. The van der Waals surface area contributed by atoms with Gasteiger partial charge in [-0.05, 0) is 31.0 Å². The van der Waals surface area contributed by atoms with Crippen LogP contribution in [0.2, 0.25) is 5.02 Å². The molecule has 0 saturated carbocycles. The highest BCUT2D eigenvalue weighted by Crippen LogP contribution is 2.27. The number of ether oxygens (including phenoxy) is 1. The first-order valence-corrected chi connectivity index (χ1v) is 7.35. The number of rotatable bonds is 5. The summed E-state index contributed by atoms with van der Waals surface area (Å²) in [4.78, 5) is 25.1. The number of hydrogen-bond donors (Lipinski definition) is 1. The van der Waals surface area contributed by atoms with Crippen LogP contribution < -0.4 is 4.74 Å². The summed E-state index contributed by atoms with van der Waals surface area (Å²) >= 11 is 5.96. The second-order valence-electron chi connectivity index (χ2n) is 5.06. The third kappa shape index (κ3) is 3.67. The first-order valence-electron chi connectivity index (χ1n) is 6.97. The monoisotopic (exact) mass is 311 g/mol. The maximum atomic E-state index is 12.5. The number of carbonyl (C=O) groups is 2. The molecule has 1 aromatic rings. The van der Waals surface area contributed by atoms with Crippen molar-refractivity contribution in [1.29, 1.82) is 0 Å². The molecule has 1 saturated heterocycles. The molecule has 114 valence electrons. The van der Waals surface area contributed by atoms with E-state index in [0.717, 1.165) is 6.42 Å². The van der Waals surface area contributed by atoms with Gasteiger partial charge in [-0.25, -0.2) is 0 Å². The molecule has 21 heavy (non-hydrogen) atoms. The zero-order valence-electron chi connectivity index (χ0n) is 11.8. The lowest BCUT2D eigenvalue weighted by Crippen LogP contribution is -2.30. The summed E-state index contributed by atoms with van der Waals surface area (Å²) in [5.74, 6) is -1.09. The van der Waals surface area contributed by atoms with Crippen LogP contribution in [0.25, 0.3) is 0 Å². The van der Waals surface area contributed by atoms with E-state index in [-0.39, 0.29) is 12.5 Å². The van der Waals surface area contributed by atoms with Crippen LogP contribution in [0.4, 0.5) is 0 Å². The fourth-order valence-corrected chi connectivity index (χ4v) is 2.50. The van der Waals surface area contributed by atoms with Crippen molar-refractivity contribution in [3.8, 4) is 5.75 Å². The second-order valence-corrected chi connectivity index (χ2v) is 5.50. The van der Waals surface area contributed by atoms with E-state index < -0.39 is 11.9 Å². The van der Waals surface area contributed by atoms with Crippen LogP contribution in [0.1, 0.15) is 30.1 Å². The fourth-order valence-electron chi connectivity index (χ4n) is 2.32. The van der Waals surface area contributed by atoms with E-state index in [1.54, 1.807) is 23.1 Å². The Bertz CT molecular complexity index is 546. The highest BCUT2D eigenvalue weighted by molar-refractivity contribution is 6.31. The molecular formula is C15H18ClNO4. The SMILES string of the molecule is CCCOc1ccc(Cl)cc1C(=O)N1CC[C@@H](C(=O)O)C1. The largest absolute Gasteiger partial charge is 0.493 e. The Balaban J connectivity index is 2.18. The number of aliphatic carboxylic acids is 1. The molecule has 0 spiro atoms. The van der Waals surface area contributed by atoms with Crippen molar-refractivity contribution in [2.24, 2.45) is 5.92 Å². The number of halogens is 1. The fraction of sp³-hybridized carbons (Fsp3) is 0.467. The topological polar surface area (TPSA) is 66.8 Å². The Morgan fingerprint density at radius 1 is 1.48 bits per heavy atom. The summed E-state index contributed by atoms with van der Waals surface area (Å²) in [6.07, 6.45) is 1.31. The van der Waals surface area contributed by atoms with Crippen LogP contribution in [0.15, 0.2) is 18.2 Å². The van der Waals surface area contributed by atoms with Crippen LogP contribution in [-0.4, -0.2) is 41.6 Å². The van der Waals surface area contributed by atoms with Gasteiger partial charge < -0.3 is 14.7 Å². The highest BCUT2D eigenvalue weighted by Gasteiger charge is 2.32. The molecule has 2 rings (SSSR count). The maximum Gasteiger partial charge on any atom is 0.308 e. The van der Waals surface area contributed by atoms with Crippen LogP contribution >= 0.6 is 11.6 Å². The lowest BCUT2D eigenvalue weighted by Gasteiger charge is -2.18. The van der Waals surface area contributed by atoms with Gasteiger partial charge in [0.15, 0.2) is 0 Å². The lowest BCUT2D eigenvalue weighted by atomic mass is 10.1. The quantitative estimate of drug-likeness (QED) is 0.908. The third-order valence-corrected chi connectivity index (χ3v) is 3.69. The zero-order chi connectivity index (χ0) is 15.4. The molecule has 1 fully saturated rings. The standard InChI is InChI=1S/C15H18ClNO4/c1-2-7-21-13-4-3-11(16)8-12(13)14(18)17-6-5-10(9-17)15(19)20/h3-4,8,10H,2,5-7,9H2,1H3,(H,19,20)/t10-/m1/s1. The molecule has 1 aliphatic rings. The normalized spacial score (nSPS) is 17.8. The molecule has 0 bridgehead atoms. The minimum atomic E-state index is -0.862. The average molecular weight is 312 g/mol. The van der Waals surface area contributed by atoms with Crippen LogP contribution in [0.5, 0.6) is 5.75 Å². The third-order valence-electron chi connectivity index (χ3n) is 3.46. The summed E-state index contributed by atoms with van der Waals surface area (Å²) in [7, 11) is 0. The van der Waals surface area contributed by atoms with E-state index in [9.17, 15) is 9.59 Å². The van der Waals surface area contributed by atoms with Gasteiger partial charge in [0, 0.05) is 18.1 Å². The van der Waals surface area contributed by atoms with Gasteiger partial charge in [0.05, 0.1) is 18.1 Å². The van der Waals surface area contributed by atoms with E-state index >= 15 is 0 Å². The van der Waals surface area contributed by atoms with E-state index in [1.807, 2.05) is 6.92 Å². The van der Waals surface area contributed by atoms with Gasteiger partial charge in [0.2, 0.25) is 0 Å². The molecule has 5 nitrogen and oxygen atoms in total. The number of likely N-dealkylation sites (tertiary alicyclic amines) is 1. The molecule has 1 aliphatic heterocycles. The highest BCUT2D eigenvalue weighted by atomic mass is 35.5. The lowest BCUT2D eigenvalue weighted by molar-refractivity contribution is -0.141. The molecule has 1 N–H and O–H groups in total. The maximum absolute atomic E-state index is 12.5. The van der Waals surface area contributed by atoms with Crippen LogP contribution in [-0.2, 0) is 4.79 Å². The van der Waals surface area contributed by atoms with Gasteiger partial charge in [-0.2, -0.15) is 0 Å². The van der Waals surface area contributed by atoms with Gasteiger partial charge in [-0.3, -0.25) is 9.59 Å². The Morgan fingerprint density at radius 2 is 2.24 bits per heavy atom. The Kier molecular flexibility index (Phi) is 5.07. The molecule has 1 aromatic carbocycles. The molecule has 0 aliphatic carbocycles. The minimum Gasteiger partial charge on any atom is -0.493 e. The summed E-state index contributed by atoms with van der Waals surface area (Å²) in [6, 6.07) is 4.92. The predicted molar refractivity (Wildman–Crippen MR) is 78.9 cm³/mol. The van der Waals surface area contributed by atoms with E-state index in [0.29, 0.717) is 35.9 Å². The van der Waals surface area contributed by atoms with Crippen molar-refractivity contribution >= 4 is 23.5 Å². The van der Waals surface area contributed by atoms with E-state index in [4.69, 9.17) is 21.4 Å². The number of amides is 1. The van der Waals surface area contributed by atoms with Crippen molar-refractivity contribution in [3.63, 3.8) is 0 Å². The number of carboxylic acid groups (broad SMARTS) is 1. The molecule has 0 unspecified atom stereocenters. The van der Waals surface area contributed by atoms with Crippen molar-refractivity contribution in [2.75, 3.05) is 19.7 Å². The number of nitrogens with zero attached hydrogens (tertiary/aromatic N) is 1. The first-order chi connectivity index (χ1) is 10.0. The van der Waals surface area contributed by atoms with Crippen molar-refractivity contribution < 1.29 is 19.4 Å². The van der Waals surface area contributed by atoms with Crippen LogP contribution in [0, 0.1) is 5.92 Å². The molecular weight excluding hydrogens is 294 g/mol. The number of benzene rings is 1. The zero-order valence-corrected chi connectivity index (χ0v) is 12.6. The summed E-state index contributed by atoms with van der Waals surface area (Å²) < 4.78 is 5.57. The summed E-state index contributed by atoms with van der Waals surface area (Å²) in [5, 5.41) is 9.47. The molecule has 6 heteroatoms. The molecule has 0 aromatic heterocycles. The molecule has 1 amide bonds. The number of carbonyl (C=O) groups excluding carboxylic acids is 1. The van der Waals surface area contributed by atoms with Gasteiger partial charge in [0.25, 0.3) is 5.91 Å². The Labute approximate surface area is 128 Å². The molecule has 0 radical (unpaired) electrons. The summed E-state index contributed by atoms with van der Waals surface area (Å²) in [6.45, 7) is 3.17. The average Bonchev–Trinajstić information content (AvgIpc) is 2.95. The Morgan fingerprint density at radius 3 is 2.86 bits per heavy atom. The molecule has 1 atom stereocenters. The van der Waals surface area contributed by atoms with Crippen molar-refractivity contribution in [2.45, 2.75) is 19.8 Å². The van der Waals surface area contributed by atoms with E-state index in [2.05, 4.69) is 0 Å². The second kappa shape index (κ2) is 6.80.